The van der Waals surface area contributed by atoms with E-state index in [2.05, 4.69) is 6.92 Å². The van der Waals surface area contributed by atoms with Gasteiger partial charge in [0, 0.05) is 6.42 Å². The van der Waals surface area contributed by atoms with Crippen LogP contribution >= 0.6 is 0 Å². The molecule has 0 saturated heterocycles. The second kappa shape index (κ2) is 16.1. The van der Waals surface area contributed by atoms with Gasteiger partial charge in [-0.1, -0.05) is 97.8 Å². The fourth-order valence-corrected chi connectivity index (χ4v) is 3.87. The van der Waals surface area contributed by atoms with Gasteiger partial charge in [0.25, 0.3) is 0 Å². The lowest BCUT2D eigenvalue weighted by Gasteiger charge is -2.36. The second-order valence-corrected chi connectivity index (χ2v) is 8.02. The molecule has 27 heavy (non-hydrogen) atoms. The van der Waals surface area contributed by atoms with Crippen molar-refractivity contribution in [2.24, 2.45) is 5.73 Å². The average molecular weight is 383 g/mol. The summed E-state index contributed by atoms with van der Waals surface area (Å²) in [6.45, 7) is 9.18. The van der Waals surface area contributed by atoms with Crippen LogP contribution in [0.15, 0.2) is 0 Å². The summed E-state index contributed by atoms with van der Waals surface area (Å²) in [6, 6.07) is 0. The Morgan fingerprint density at radius 2 is 1.07 bits per heavy atom. The average Bonchev–Trinajstić information content (AvgIpc) is 2.65. The third-order valence-electron chi connectivity index (χ3n) is 5.93. The van der Waals surface area contributed by atoms with Crippen LogP contribution in [0.1, 0.15) is 118 Å². The van der Waals surface area contributed by atoms with E-state index in [1.807, 2.05) is 18.7 Å². The highest BCUT2D eigenvalue weighted by Gasteiger charge is 2.42. The summed E-state index contributed by atoms with van der Waals surface area (Å²) >= 11 is 0. The summed E-state index contributed by atoms with van der Waals surface area (Å²) < 4.78 is 0. The minimum Gasteiger partial charge on any atom is -0.368 e. The van der Waals surface area contributed by atoms with Crippen molar-refractivity contribution in [1.29, 1.82) is 0 Å². The molecule has 0 aliphatic carbocycles. The number of ketones is 1. The summed E-state index contributed by atoms with van der Waals surface area (Å²) in [7, 11) is 0. The van der Waals surface area contributed by atoms with E-state index in [4.69, 9.17) is 5.73 Å². The van der Waals surface area contributed by atoms with Crippen molar-refractivity contribution in [2.75, 3.05) is 13.1 Å². The molecule has 0 rings (SSSR count). The Morgan fingerprint density at radius 3 is 1.41 bits per heavy atom. The van der Waals surface area contributed by atoms with E-state index in [-0.39, 0.29) is 5.78 Å². The van der Waals surface area contributed by atoms with Crippen LogP contribution in [0.25, 0.3) is 0 Å². The molecule has 0 bridgehead atoms. The molecule has 0 aliphatic rings. The Balaban J connectivity index is 3.79. The predicted octanol–water partition coefficient (Wildman–Crippen LogP) is 5.62. The number of Topliss-reactive ketones (excluding diaryl/α,β-unsaturated/α-hetero) is 1. The van der Waals surface area contributed by atoms with Gasteiger partial charge in [0.05, 0.1) is 0 Å². The maximum Gasteiger partial charge on any atom is 0.245 e. The van der Waals surface area contributed by atoms with Crippen LogP contribution in [0.4, 0.5) is 0 Å². The molecule has 0 fully saturated rings. The molecule has 0 aromatic rings. The minimum absolute atomic E-state index is 0.0261. The van der Waals surface area contributed by atoms with Crippen molar-refractivity contribution in [3.05, 3.63) is 0 Å². The third-order valence-corrected chi connectivity index (χ3v) is 5.93. The molecule has 0 saturated carbocycles. The molecule has 0 aliphatic heterocycles. The monoisotopic (exact) mass is 382 g/mol. The summed E-state index contributed by atoms with van der Waals surface area (Å²) in [5.41, 5.74) is 4.41. The molecule has 0 aromatic heterocycles. The fraction of sp³-hybridized carbons (Fsp3) is 0.913. The van der Waals surface area contributed by atoms with Gasteiger partial charge in [0.2, 0.25) is 5.91 Å². The number of nitrogens with two attached hydrogens (primary N) is 1. The van der Waals surface area contributed by atoms with Crippen LogP contribution in [0.3, 0.4) is 0 Å². The first kappa shape index (κ1) is 26.1. The lowest BCUT2D eigenvalue weighted by Crippen LogP contribution is -2.60. The van der Waals surface area contributed by atoms with Gasteiger partial charge in [0.1, 0.15) is 0 Å². The van der Waals surface area contributed by atoms with Gasteiger partial charge in [-0.05, 0) is 26.4 Å². The van der Waals surface area contributed by atoms with Gasteiger partial charge in [-0.2, -0.15) is 0 Å². The number of nitrogens with zero attached hydrogens (tertiary/aromatic N) is 1. The zero-order valence-corrected chi connectivity index (χ0v) is 18.7. The molecule has 1 atom stereocenters. The normalized spacial score (nSPS) is 13.7. The zero-order valence-electron chi connectivity index (χ0n) is 18.7. The topological polar surface area (TPSA) is 63.4 Å². The van der Waals surface area contributed by atoms with Crippen molar-refractivity contribution in [2.45, 2.75) is 123 Å². The number of rotatable bonds is 19. The van der Waals surface area contributed by atoms with Crippen molar-refractivity contribution in [3.63, 3.8) is 0 Å². The van der Waals surface area contributed by atoms with E-state index in [1.165, 1.54) is 70.6 Å². The standard InChI is InChI=1S/C23H46N2O2/c1-5-8-9-10-11-12-13-14-15-16-17-18-19-20-21(26)23(4,22(24)27)25(6-2)7-3/h5-20H2,1-4H3,(H2,24,27). The highest BCUT2D eigenvalue weighted by Crippen LogP contribution is 2.20. The van der Waals surface area contributed by atoms with Crippen LogP contribution < -0.4 is 5.73 Å². The lowest BCUT2D eigenvalue weighted by atomic mass is 9.89. The van der Waals surface area contributed by atoms with Gasteiger partial charge < -0.3 is 5.73 Å². The van der Waals surface area contributed by atoms with Crippen LogP contribution in [-0.4, -0.2) is 35.2 Å². The number of primary amides is 1. The predicted molar refractivity (Wildman–Crippen MR) is 116 cm³/mol. The molecule has 2 N–H and O–H groups in total. The third kappa shape index (κ3) is 10.3. The van der Waals surface area contributed by atoms with Gasteiger partial charge in [0.15, 0.2) is 11.3 Å². The second-order valence-electron chi connectivity index (χ2n) is 8.02. The summed E-state index contributed by atoms with van der Waals surface area (Å²) in [5, 5.41) is 0. The molecular formula is C23H46N2O2. The van der Waals surface area contributed by atoms with E-state index in [1.54, 1.807) is 6.92 Å². The molecule has 0 aromatic carbocycles. The summed E-state index contributed by atoms with van der Waals surface area (Å²) in [4.78, 5) is 26.4. The largest absolute Gasteiger partial charge is 0.368 e. The molecule has 4 heteroatoms. The molecular weight excluding hydrogens is 336 g/mol. The van der Waals surface area contributed by atoms with E-state index in [9.17, 15) is 9.59 Å². The van der Waals surface area contributed by atoms with E-state index >= 15 is 0 Å². The number of likely N-dealkylation sites (N-methyl/N-ethyl adjacent to an activating group) is 1. The van der Waals surface area contributed by atoms with E-state index < -0.39 is 11.4 Å². The highest BCUT2D eigenvalue weighted by atomic mass is 16.2. The Labute approximate surface area is 168 Å². The Bertz CT molecular complexity index is 394. The number of hydrogen-bond acceptors (Lipinski definition) is 3. The van der Waals surface area contributed by atoms with Gasteiger partial charge >= 0.3 is 0 Å². The quantitative estimate of drug-likeness (QED) is 0.233. The summed E-state index contributed by atoms with van der Waals surface area (Å²) in [5.74, 6) is -0.548. The smallest absolute Gasteiger partial charge is 0.245 e. The van der Waals surface area contributed by atoms with Gasteiger partial charge in [-0.15, -0.1) is 0 Å². The number of amides is 1. The van der Waals surface area contributed by atoms with Crippen molar-refractivity contribution in [3.8, 4) is 0 Å². The molecule has 160 valence electrons. The van der Waals surface area contributed by atoms with Crippen LogP contribution in [-0.2, 0) is 9.59 Å². The van der Waals surface area contributed by atoms with Crippen LogP contribution in [0.2, 0.25) is 0 Å². The summed E-state index contributed by atoms with van der Waals surface area (Å²) in [6.07, 6.45) is 17.1. The Kier molecular flexibility index (Phi) is 15.6. The molecule has 1 amide bonds. The Morgan fingerprint density at radius 1 is 0.704 bits per heavy atom. The number of carbonyl (C=O) groups is 2. The highest BCUT2D eigenvalue weighted by molar-refractivity contribution is 6.09. The maximum absolute atomic E-state index is 12.6. The Hall–Kier alpha value is -0.900. The molecule has 0 heterocycles. The van der Waals surface area contributed by atoms with E-state index in [0.29, 0.717) is 19.5 Å². The van der Waals surface area contributed by atoms with Crippen molar-refractivity contribution >= 4 is 11.7 Å². The SMILES string of the molecule is CCCCCCCCCCCCCCCC(=O)C(C)(C(N)=O)N(CC)CC. The maximum atomic E-state index is 12.6. The van der Waals surface area contributed by atoms with Crippen molar-refractivity contribution < 1.29 is 9.59 Å². The molecule has 0 radical (unpaired) electrons. The van der Waals surface area contributed by atoms with Crippen molar-refractivity contribution in [1.82, 2.24) is 4.90 Å². The van der Waals surface area contributed by atoms with Gasteiger partial charge in [-0.25, -0.2) is 0 Å². The first-order valence-corrected chi connectivity index (χ1v) is 11.5. The van der Waals surface area contributed by atoms with Crippen LogP contribution in [0.5, 0.6) is 0 Å². The number of carbonyl (C=O) groups excluding carboxylic acids is 2. The molecule has 4 nitrogen and oxygen atoms in total. The first-order valence-electron chi connectivity index (χ1n) is 11.5. The lowest BCUT2D eigenvalue weighted by molar-refractivity contribution is -0.142. The molecule has 1 unspecified atom stereocenters. The minimum atomic E-state index is -1.15. The molecule has 0 spiro atoms. The van der Waals surface area contributed by atoms with Crippen LogP contribution in [0, 0.1) is 0 Å². The number of hydrogen-bond donors (Lipinski definition) is 1. The first-order chi connectivity index (χ1) is 12.9. The number of unbranched alkanes of at least 4 members (excludes halogenated alkanes) is 12. The van der Waals surface area contributed by atoms with Gasteiger partial charge in [-0.3, -0.25) is 14.5 Å². The van der Waals surface area contributed by atoms with E-state index in [0.717, 1.165) is 12.8 Å². The fourth-order valence-electron chi connectivity index (χ4n) is 3.87. The zero-order chi connectivity index (χ0) is 20.5.